The van der Waals surface area contributed by atoms with Crippen molar-refractivity contribution in [3.63, 3.8) is 0 Å². The molecule has 26 heavy (non-hydrogen) atoms. The summed E-state index contributed by atoms with van der Waals surface area (Å²) in [5, 5.41) is 2.85. The van der Waals surface area contributed by atoms with Gasteiger partial charge in [0, 0.05) is 24.3 Å². The maximum absolute atomic E-state index is 12.6. The Labute approximate surface area is 153 Å². The first kappa shape index (κ1) is 18.6. The van der Waals surface area contributed by atoms with E-state index in [1.807, 2.05) is 32.0 Å². The van der Waals surface area contributed by atoms with E-state index in [4.69, 9.17) is 4.74 Å². The Morgan fingerprint density at radius 1 is 1.00 bits per heavy atom. The van der Waals surface area contributed by atoms with E-state index in [-0.39, 0.29) is 10.8 Å². The van der Waals surface area contributed by atoms with Gasteiger partial charge in [-0.05, 0) is 61.4 Å². The van der Waals surface area contributed by atoms with E-state index in [9.17, 15) is 13.2 Å². The molecule has 0 atom stereocenters. The van der Waals surface area contributed by atoms with Crippen molar-refractivity contribution >= 4 is 21.6 Å². The van der Waals surface area contributed by atoms with Crippen LogP contribution in [0.1, 0.15) is 21.5 Å². The number of hydrogen-bond acceptors (Lipinski definition) is 4. The van der Waals surface area contributed by atoms with Crippen molar-refractivity contribution in [2.24, 2.45) is 0 Å². The van der Waals surface area contributed by atoms with Crippen LogP contribution in [0.15, 0.2) is 47.4 Å². The first-order valence-corrected chi connectivity index (χ1v) is 9.88. The molecule has 1 heterocycles. The van der Waals surface area contributed by atoms with Gasteiger partial charge in [0.1, 0.15) is 0 Å². The second kappa shape index (κ2) is 7.57. The molecule has 2 aromatic rings. The average Bonchev–Trinajstić information content (AvgIpc) is 2.61. The monoisotopic (exact) mass is 374 g/mol. The number of amides is 1. The molecule has 2 aromatic carbocycles. The number of hydrogen-bond donors (Lipinski definition) is 1. The summed E-state index contributed by atoms with van der Waals surface area (Å²) in [7, 11) is -3.55. The van der Waals surface area contributed by atoms with Crippen molar-refractivity contribution in [3.8, 4) is 0 Å². The topological polar surface area (TPSA) is 75.7 Å². The van der Waals surface area contributed by atoms with E-state index >= 15 is 0 Å². The first-order chi connectivity index (χ1) is 12.4. The predicted molar refractivity (Wildman–Crippen MR) is 99.9 cm³/mol. The van der Waals surface area contributed by atoms with Gasteiger partial charge in [0.25, 0.3) is 5.91 Å². The number of sulfonamides is 1. The third-order valence-electron chi connectivity index (χ3n) is 4.20. The second-order valence-corrected chi connectivity index (χ2v) is 8.31. The molecule has 1 aliphatic rings. The van der Waals surface area contributed by atoms with Crippen molar-refractivity contribution in [2.45, 2.75) is 18.7 Å². The van der Waals surface area contributed by atoms with E-state index in [1.165, 1.54) is 28.6 Å². The number of anilines is 1. The number of nitrogens with one attached hydrogen (secondary N) is 1. The predicted octanol–water partition coefficient (Wildman–Crippen LogP) is 2.58. The Morgan fingerprint density at radius 2 is 1.58 bits per heavy atom. The largest absolute Gasteiger partial charge is 0.379 e. The molecule has 0 unspecified atom stereocenters. The highest BCUT2D eigenvalue weighted by Gasteiger charge is 2.26. The van der Waals surface area contributed by atoms with Crippen LogP contribution in [0.4, 0.5) is 5.69 Å². The van der Waals surface area contributed by atoms with Crippen LogP contribution in [0.2, 0.25) is 0 Å². The molecule has 1 amide bonds. The minimum absolute atomic E-state index is 0.183. The van der Waals surface area contributed by atoms with E-state index < -0.39 is 10.0 Å². The van der Waals surface area contributed by atoms with Crippen LogP contribution >= 0.6 is 0 Å². The van der Waals surface area contributed by atoms with Gasteiger partial charge in [0.05, 0.1) is 18.1 Å². The van der Waals surface area contributed by atoms with Crippen LogP contribution in [-0.4, -0.2) is 44.9 Å². The van der Waals surface area contributed by atoms with Crippen molar-refractivity contribution in [2.75, 3.05) is 31.6 Å². The Hall–Kier alpha value is -2.22. The van der Waals surface area contributed by atoms with Gasteiger partial charge >= 0.3 is 0 Å². The lowest BCUT2D eigenvalue weighted by Gasteiger charge is -2.26. The summed E-state index contributed by atoms with van der Waals surface area (Å²) in [6.07, 6.45) is 0. The van der Waals surface area contributed by atoms with E-state index in [0.29, 0.717) is 31.9 Å². The summed E-state index contributed by atoms with van der Waals surface area (Å²) in [5.74, 6) is -0.273. The lowest BCUT2D eigenvalue weighted by Crippen LogP contribution is -2.40. The van der Waals surface area contributed by atoms with Gasteiger partial charge in [0.15, 0.2) is 0 Å². The first-order valence-electron chi connectivity index (χ1n) is 8.44. The smallest absolute Gasteiger partial charge is 0.255 e. The zero-order valence-corrected chi connectivity index (χ0v) is 15.7. The van der Waals surface area contributed by atoms with Gasteiger partial charge in [0.2, 0.25) is 10.0 Å². The number of morpholine rings is 1. The maximum Gasteiger partial charge on any atom is 0.255 e. The molecule has 0 radical (unpaired) electrons. The number of aryl methyl sites for hydroxylation is 2. The fourth-order valence-corrected chi connectivity index (χ4v) is 4.37. The highest BCUT2D eigenvalue weighted by molar-refractivity contribution is 7.89. The number of nitrogens with zero attached hydrogens (tertiary/aromatic N) is 1. The molecular weight excluding hydrogens is 352 g/mol. The van der Waals surface area contributed by atoms with Crippen LogP contribution < -0.4 is 5.32 Å². The van der Waals surface area contributed by atoms with Crippen LogP contribution in [-0.2, 0) is 14.8 Å². The molecule has 1 N–H and O–H groups in total. The lowest BCUT2D eigenvalue weighted by atomic mass is 10.1. The number of carbonyl (C=O) groups excluding carboxylic acids is 1. The fraction of sp³-hybridized carbons (Fsp3) is 0.316. The molecule has 0 bridgehead atoms. The zero-order valence-electron chi connectivity index (χ0n) is 14.9. The zero-order chi connectivity index (χ0) is 18.7. The lowest BCUT2D eigenvalue weighted by molar-refractivity contribution is 0.0730. The molecule has 138 valence electrons. The minimum atomic E-state index is -3.55. The summed E-state index contributed by atoms with van der Waals surface area (Å²) in [6, 6.07) is 11.8. The summed E-state index contributed by atoms with van der Waals surface area (Å²) in [5.41, 5.74) is 3.25. The van der Waals surface area contributed by atoms with Crippen LogP contribution in [0.25, 0.3) is 0 Å². The van der Waals surface area contributed by atoms with Crippen LogP contribution in [0.3, 0.4) is 0 Å². The van der Waals surface area contributed by atoms with Crippen molar-refractivity contribution in [1.82, 2.24) is 4.31 Å². The van der Waals surface area contributed by atoms with Gasteiger partial charge in [-0.15, -0.1) is 0 Å². The second-order valence-electron chi connectivity index (χ2n) is 6.37. The van der Waals surface area contributed by atoms with Gasteiger partial charge in [-0.1, -0.05) is 6.07 Å². The molecule has 0 aliphatic carbocycles. The number of carbonyl (C=O) groups is 1. The third kappa shape index (κ3) is 4.12. The third-order valence-corrected chi connectivity index (χ3v) is 6.12. The van der Waals surface area contributed by atoms with Gasteiger partial charge in [-0.2, -0.15) is 4.31 Å². The Balaban J connectivity index is 1.75. The molecule has 0 spiro atoms. The van der Waals surface area contributed by atoms with Gasteiger partial charge in [-0.25, -0.2) is 8.42 Å². The molecule has 1 fully saturated rings. The fourth-order valence-electron chi connectivity index (χ4n) is 2.96. The van der Waals surface area contributed by atoms with Crippen molar-refractivity contribution < 1.29 is 17.9 Å². The van der Waals surface area contributed by atoms with Gasteiger partial charge < -0.3 is 10.1 Å². The van der Waals surface area contributed by atoms with Crippen LogP contribution in [0.5, 0.6) is 0 Å². The molecule has 0 saturated carbocycles. The highest BCUT2D eigenvalue weighted by Crippen LogP contribution is 2.19. The quantitative estimate of drug-likeness (QED) is 0.892. The number of rotatable bonds is 4. The standard InChI is InChI=1S/C19H22N2O4S/c1-14-11-15(2)13-17(12-14)20-19(22)16-3-5-18(6-4-16)26(23,24)21-7-9-25-10-8-21/h3-6,11-13H,7-10H2,1-2H3,(H,20,22). The molecule has 7 heteroatoms. The summed E-state index contributed by atoms with van der Waals surface area (Å²) < 4.78 is 31.8. The average molecular weight is 374 g/mol. The summed E-state index contributed by atoms with van der Waals surface area (Å²) in [4.78, 5) is 12.6. The molecule has 0 aromatic heterocycles. The van der Waals surface area contributed by atoms with Gasteiger partial charge in [-0.3, -0.25) is 4.79 Å². The van der Waals surface area contributed by atoms with Crippen molar-refractivity contribution in [1.29, 1.82) is 0 Å². The van der Waals surface area contributed by atoms with E-state index in [1.54, 1.807) is 0 Å². The molecule has 1 saturated heterocycles. The number of benzene rings is 2. The highest BCUT2D eigenvalue weighted by atomic mass is 32.2. The molecule has 6 nitrogen and oxygen atoms in total. The molecule has 3 rings (SSSR count). The number of ether oxygens (including phenoxy) is 1. The Kier molecular flexibility index (Phi) is 5.41. The summed E-state index contributed by atoms with van der Waals surface area (Å²) in [6.45, 7) is 5.42. The Bertz CT molecular complexity index is 881. The minimum Gasteiger partial charge on any atom is -0.379 e. The van der Waals surface area contributed by atoms with Crippen LogP contribution in [0, 0.1) is 13.8 Å². The van der Waals surface area contributed by atoms with E-state index in [2.05, 4.69) is 5.32 Å². The summed E-state index contributed by atoms with van der Waals surface area (Å²) >= 11 is 0. The SMILES string of the molecule is Cc1cc(C)cc(NC(=O)c2ccc(S(=O)(=O)N3CCOCC3)cc2)c1. The Morgan fingerprint density at radius 3 is 2.15 bits per heavy atom. The van der Waals surface area contributed by atoms with E-state index in [0.717, 1.165) is 16.8 Å². The van der Waals surface area contributed by atoms with Crippen molar-refractivity contribution in [3.05, 3.63) is 59.2 Å². The molecule has 1 aliphatic heterocycles. The normalized spacial score (nSPS) is 15.6. The molecular formula is C19H22N2O4S. The maximum atomic E-state index is 12.6.